The highest BCUT2D eigenvalue weighted by molar-refractivity contribution is 5.86. The van der Waals surface area contributed by atoms with Gasteiger partial charge in [-0.3, -0.25) is 14.5 Å². The molecule has 0 aromatic heterocycles. The summed E-state index contributed by atoms with van der Waals surface area (Å²) in [6, 6.07) is -0.101. The third-order valence-electron chi connectivity index (χ3n) is 4.01. The van der Waals surface area contributed by atoms with Crippen molar-refractivity contribution in [1.29, 1.82) is 0 Å². The summed E-state index contributed by atoms with van der Waals surface area (Å²) < 4.78 is 0. The zero-order chi connectivity index (χ0) is 13.1. The van der Waals surface area contributed by atoms with Gasteiger partial charge >= 0.3 is 5.97 Å². The number of carbonyl (C=O) groups excluding carboxylic acids is 1. The van der Waals surface area contributed by atoms with Gasteiger partial charge in [-0.05, 0) is 18.8 Å². The second-order valence-corrected chi connectivity index (χ2v) is 5.60. The molecule has 18 heavy (non-hydrogen) atoms. The summed E-state index contributed by atoms with van der Waals surface area (Å²) in [6.45, 7) is 3.57. The highest BCUT2D eigenvalue weighted by Crippen LogP contribution is 2.27. The van der Waals surface area contributed by atoms with E-state index in [1.165, 1.54) is 12.8 Å². The van der Waals surface area contributed by atoms with Crippen molar-refractivity contribution in [2.75, 3.05) is 13.1 Å². The summed E-state index contributed by atoms with van der Waals surface area (Å²) in [4.78, 5) is 25.2. The van der Waals surface area contributed by atoms with E-state index in [0.717, 1.165) is 19.4 Å². The molecule has 0 aromatic rings. The summed E-state index contributed by atoms with van der Waals surface area (Å²) in [5, 5.41) is 11.9. The summed E-state index contributed by atoms with van der Waals surface area (Å²) in [7, 11) is 0. The number of nitrogens with zero attached hydrogens (tertiary/aromatic N) is 1. The number of aliphatic carboxylic acids is 1. The lowest BCUT2D eigenvalue weighted by molar-refractivity contribution is -0.142. The van der Waals surface area contributed by atoms with Crippen molar-refractivity contribution >= 4 is 11.9 Å². The molecular formula is C13H22N2O3. The highest BCUT2D eigenvalue weighted by Gasteiger charge is 2.37. The van der Waals surface area contributed by atoms with E-state index >= 15 is 0 Å². The summed E-state index contributed by atoms with van der Waals surface area (Å²) in [6.07, 6.45) is 4.48. The normalized spacial score (nSPS) is 31.1. The standard InChI is InChI=1S/C13H22N2O3/c1-9-7-14-13(18)11(6-12(16)17)15(8-9)10-4-2-3-5-10/h9-11H,2-8H2,1H3,(H,14,18)(H,16,17). The van der Waals surface area contributed by atoms with Crippen LogP contribution in [0.5, 0.6) is 0 Å². The minimum atomic E-state index is -0.896. The van der Waals surface area contributed by atoms with Crippen LogP contribution >= 0.6 is 0 Å². The van der Waals surface area contributed by atoms with Gasteiger partial charge in [0, 0.05) is 19.1 Å². The Bertz CT molecular complexity index is 326. The number of carboxylic acid groups (broad SMARTS) is 1. The Kier molecular flexibility index (Phi) is 4.22. The van der Waals surface area contributed by atoms with Gasteiger partial charge in [-0.1, -0.05) is 19.8 Å². The van der Waals surface area contributed by atoms with Crippen LogP contribution in [-0.2, 0) is 9.59 Å². The van der Waals surface area contributed by atoms with Crippen LogP contribution in [0.2, 0.25) is 0 Å². The quantitative estimate of drug-likeness (QED) is 0.783. The molecule has 2 N–H and O–H groups in total. The molecule has 0 radical (unpaired) electrons. The van der Waals surface area contributed by atoms with Crippen molar-refractivity contribution in [2.45, 2.75) is 51.1 Å². The first kappa shape index (κ1) is 13.3. The Morgan fingerprint density at radius 1 is 1.44 bits per heavy atom. The molecule has 1 heterocycles. The van der Waals surface area contributed by atoms with E-state index in [2.05, 4.69) is 17.1 Å². The number of rotatable bonds is 3. The second kappa shape index (κ2) is 5.69. The monoisotopic (exact) mass is 254 g/mol. The highest BCUT2D eigenvalue weighted by atomic mass is 16.4. The van der Waals surface area contributed by atoms with Crippen LogP contribution < -0.4 is 5.32 Å². The Balaban J connectivity index is 2.16. The molecule has 2 aliphatic rings. The SMILES string of the molecule is CC1CNC(=O)C(CC(=O)O)N(C2CCCC2)C1. The third-order valence-corrected chi connectivity index (χ3v) is 4.01. The van der Waals surface area contributed by atoms with Gasteiger partial charge in [0.15, 0.2) is 0 Å². The Labute approximate surface area is 108 Å². The lowest BCUT2D eigenvalue weighted by Gasteiger charge is -2.33. The van der Waals surface area contributed by atoms with E-state index in [9.17, 15) is 9.59 Å². The minimum absolute atomic E-state index is 0.0882. The Morgan fingerprint density at radius 2 is 2.11 bits per heavy atom. The minimum Gasteiger partial charge on any atom is -0.481 e. The molecule has 2 fully saturated rings. The topological polar surface area (TPSA) is 69.6 Å². The van der Waals surface area contributed by atoms with Gasteiger partial charge in [0.05, 0.1) is 12.5 Å². The lowest BCUT2D eigenvalue weighted by Crippen LogP contribution is -2.49. The van der Waals surface area contributed by atoms with Gasteiger partial charge in [0.2, 0.25) is 5.91 Å². The molecule has 1 saturated heterocycles. The molecule has 102 valence electrons. The average molecular weight is 254 g/mol. The van der Waals surface area contributed by atoms with E-state index in [-0.39, 0.29) is 12.3 Å². The zero-order valence-corrected chi connectivity index (χ0v) is 10.9. The Morgan fingerprint density at radius 3 is 2.72 bits per heavy atom. The third kappa shape index (κ3) is 3.02. The Hall–Kier alpha value is -1.10. The number of nitrogens with one attached hydrogen (secondary N) is 1. The molecule has 5 heteroatoms. The first-order valence-corrected chi connectivity index (χ1v) is 6.83. The van der Waals surface area contributed by atoms with E-state index in [4.69, 9.17) is 5.11 Å². The second-order valence-electron chi connectivity index (χ2n) is 5.60. The predicted molar refractivity (Wildman–Crippen MR) is 67.2 cm³/mol. The lowest BCUT2D eigenvalue weighted by atomic mass is 10.1. The number of carbonyl (C=O) groups is 2. The molecule has 1 amide bonds. The summed E-state index contributed by atoms with van der Waals surface area (Å²) in [5.41, 5.74) is 0. The van der Waals surface area contributed by atoms with Crippen molar-refractivity contribution in [3.63, 3.8) is 0 Å². The van der Waals surface area contributed by atoms with Crippen LogP contribution in [0.25, 0.3) is 0 Å². The molecule has 1 aliphatic carbocycles. The smallest absolute Gasteiger partial charge is 0.305 e. The van der Waals surface area contributed by atoms with Gasteiger partial charge in [0.1, 0.15) is 0 Å². The first-order chi connectivity index (χ1) is 8.58. The fourth-order valence-electron chi connectivity index (χ4n) is 3.11. The maximum Gasteiger partial charge on any atom is 0.305 e. The largest absolute Gasteiger partial charge is 0.481 e. The van der Waals surface area contributed by atoms with Crippen LogP contribution in [0.4, 0.5) is 0 Å². The molecule has 0 bridgehead atoms. The van der Waals surface area contributed by atoms with Crippen molar-refractivity contribution < 1.29 is 14.7 Å². The summed E-state index contributed by atoms with van der Waals surface area (Å²) >= 11 is 0. The fraction of sp³-hybridized carbons (Fsp3) is 0.846. The van der Waals surface area contributed by atoms with Crippen molar-refractivity contribution in [3.8, 4) is 0 Å². The van der Waals surface area contributed by atoms with Crippen LogP contribution in [0.15, 0.2) is 0 Å². The van der Waals surface area contributed by atoms with E-state index in [1.807, 2.05) is 0 Å². The number of hydrogen-bond acceptors (Lipinski definition) is 3. The molecule has 0 aromatic carbocycles. The molecule has 1 saturated carbocycles. The molecule has 5 nitrogen and oxygen atoms in total. The fourth-order valence-corrected chi connectivity index (χ4v) is 3.11. The number of amides is 1. The van der Waals surface area contributed by atoms with Crippen LogP contribution in [0, 0.1) is 5.92 Å². The van der Waals surface area contributed by atoms with Crippen molar-refractivity contribution in [2.24, 2.45) is 5.92 Å². The molecule has 0 spiro atoms. The van der Waals surface area contributed by atoms with Crippen LogP contribution in [-0.4, -0.2) is 47.1 Å². The summed E-state index contributed by atoms with van der Waals surface area (Å²) in [5.74, 6) is -0.630. The van der Waals surface area contributed by atoms with E-state index in [0.29, 0.717) is 18.5 Å². The maximum atomic E-state index is 12.0. The van der Waals surface area contributed by atoms with Gasteiger partial charge in [-0.15, -0.1) is 0 Å². The molecule has 2 rings (SSSR count). The van der Waals surface area contributed by atoms with Crippen LogP contribution in [0.1, 0.15) is 39.0 Å². The average Bonchev–Trinajstić information content (AvgIpc) is 2.79. The molecular weight excluding hydrogens is 232 g/mol. The molecule has 2 atom stereocenters. The van der Waals surface area contributed by atoms with Gasteiger partial charge in [-0.25, -0.2) is 0 Å². The van der Waals surface area contributed by atoms with E-state index < -0.39 is 12.0 Å². The van der Waals surface area contributed by atoms with Crippen LogP contribution in [0.3, 0.4) is 0 Å². The van der Waals surface area contributed by atoms with Crippen molar-refractivity contribution in [1.82, 2.24) is 10.2 Å². The van der Waals surface area contributed by atoms with Crippen molar-refractivity contribution in [3.05, 3.63) is 0 Å². The zero-order valence-electron chi connectivity index (χ0n) is 10.9. The van der Waals surface area contributed by atoms with Gasteiger partial charge in [0.25, 0.3) is 0 Å². The van der Waals surface area contributed by atoms with Gasteiger partial charge < -0.3 is 10.4 Å². The maximum absolute atomic E-state index is 12.0. The number of hydrogen-bond donors (Lipinski definition) is 2. The number of carboxylic acids is 1. The molecule has 1 aliphatic heterocycles. The first-order valence-electron chi connectivity index (χ1n) is 6.83. The van der Waals surface area contributed by atoms with E-state index in [1.54, 1.807) is 0 Å². The predicted octanol–water partition coefficient (Wildman–Crippen LogP) is 0.840. The molecule has 2 unspecified atom stereocenters. The van der Waals surface area contributed by atoms with Gasteiger partial charge in [-0.2, -0.15) is 0 Å².